The molecule has 1 aromatic carbocycles. The lowest BCUT2D eigenvalue weighted by Gasteiger charge is -2.19. The Morgan fingerprint density at radius 3 is 2.57 bits per heavy atom. The predicted octanol–water partition coefficient (Wildman–Crippen LogP) is 3.08. The molecule has 0 atom stereocenters. The Bertz CT molecular complexity index is 453. The van der Waals surface area contributed by atoms with Crippen molar-refractivity contribution >= 4 is 17.5 Å². The second kappa shape index (κ2) is 7.76. The summed E-state index contributed by atoms with van der Waals surface area (Å²) in [5.74, 6) is 0. The average Bonchev–Trinajstić information content (AvgIpc) is 2.36. The molecule has 0 heterocycles. The third kappa shape index (κ3) is 7.44. The summed E-state index contributed by atoms with van der Waals surface area (Å²) in [6, 6.07) is 8.22. The Labute approximate surface area is 127 Å². The maximum Gasteiger partial charge on any atom is 0.407 e. The van der Waals surface area contributed by atoms with E-state index in [-0.39, 0.29) is 6.09 Å². The first-order valence-electron chi connectivity index (χ1n) is 7.26. The van der Waals surface area contributed by atoms with Gasteiger partial charge >= 0.3 is 6.09 Å². The quantitative estimate of drug-likeness (QED) is 0.791. The maximum absolute atomic E-state index is 11.5. The lowest BCUT2D eigenvalue weighted by molar-refractivity contribution is 0.0528. The van der Waals surface area contributed by atoms with Crippen molar-refractivity contribution in [3.63, 3.8) is 0 Å². The monoisotopic (exact) mass is 293 g/mol. The molecule has 1 amide bonds. The van der Waals surface area contributed by atoms with Crippen LogP contribution < -0.4 is 15.5 Å². The third-order valence-electron chi connectivity index (χ3n) is 2.71. The predicted molar refractivity (Wildman–Crippen MR) is 88.1 cm³/mol. The van der Waals surface area contributed by atoms with Gasteiger partial charge in [0.15, 0.2) is 0 Å². The molecule has 0 saturated carbocycles. The highest BCUT2D eigenvalue weighted by Gasteiger charge is 2.15. The van der Waals surface area contributed by atoms with E-state index in [9.17, 15) is 4.79 Å². The zero-order valence-corrected chi connectivity index (χ0v) is 13.7. The first-order chi connectivity index (χ1) is 9.78. The van der Waals surface area contributed by atoms with Gasteiger partial charge in [-0.05, 0) is 45.4 Å². The van der Waals surface area contributed by atoms with Crippen molar-refractivity contribution in [2.45, 2.75) is 32.8 Å². The summed E-state index contributed by atoms with van der Waals surface area (Å²) in [5, 5.41) is 6.09. The number of benzene rings is 1. The van der Waals surface area contributed by atoms with E-state index in [4.69, 9.17) is 4.74 Å². The molecule has 0 aliphatic heterocycles. The van der Waals surface area contributed by atoms with Gasteiger partial charge in [-0.1, -0.05) is 6.07 Å². The molecule has 0 radical (unpaired) electrons. The van der Waals surface area contributed by atoms with Crippen molar-refractivity contribution in [2.75, 3.05) is 37.4 Å². The molecule has 5 nitrogen and oxygen atoms in total. The van der Waals surface area contributed by atoms with Crippen molar-refractivity contribution in [3.8, 4) is 0 Å². The molecule has 0 aromatic heterocycles. The van der Waals surface area contributed by atoms with Gasteiger partial charge in [-0.2, -0.15) is 0 Å². The second-order valence-electron chi connectivity index (χ2n) is 6.15. The number of amides is 1. The van der Waals surface area contributed by atoms with Crippen molar-refractivity contribution in [3.05, 3.63) is 24.3 Å². The smallest absolute Gasteiger partial charge is 0.407 e. The van der Waals surface area contributed by atoms with Crippen LogP contribution in [0.25, 0.3) is 0 Å². The van der Waals surface area contributed by atoms with Gasteiger partial charge in [0.2, 0.25) is 0 Å². The molecule has 21 heavy (non-hydrogen) atoms. The van der Waals surface area contributed by atoms with Gasteiger partial charge in [0, 0.05) is 38.6 Å². The highest BCUT2D eigenvalue weighted by Crippen LogP contribution is 2.16. The van der Waals surface area contributed by atoms with Crippen LogP contribution in [-0.2, 0) is 4.74 Å². The molecule has 0 spiro atoms. The van der Waals surface area contributed by atoms with Gasteiger partial charge in [0.1, 0.15) is 5.60 Å². The number of alkyl carbamates (subject to hydrolysis) is 1. The van der Waals surface area contributed by atoms with Gasteiger partial charge < -0.3 is 20.3 Å². The Kier molecular flexibility index (Phi) is 6.34. The van der Waals surface area contributed by atoms with Crippen LogP contribution in [0.3, 0.4) is 0 Å². The molecule has 1 rings (SSSR count). The number of nitrogens with zero attached hydrogens (tertiary/aromatic N) is 1. The number of carbonyl (C=O) groups excluding carboxylic acids is 1. The molecular weight excluding hydrogens is 266 g/mol. The van der Waals surface area contributed by atoms with E-state index in [2.05, 4.69) is 27.7 Å². The summed E-state index contributed by atoms with van der Waals surface area (Å²) in [6.45, 7) is 6.95. The van der Waals surface area contributed by atoms with Gasteiger partial charge in [0.25, 0.3) is 0 Å². The van der Waals surface area contributed by atoms with E-state index in [1.165, 1.54) is 0 Å². The molecule has 0 aliphatic carbocycles. The highest BCUT2D eigenvalue weighted by atomic mass is 16.6. The molecule has 2 N–H and O–H groups in total. The summed E-state index contributed by atoms with van der Waals surface area (Å²) < 4.78 is 5.17. The molecule has 0 saturated heterocycles. The molecular formula is C16H27N3O2. The van der Waals surface area contributed by atoms with E-state index in [1.54, 1.807) is 0 Å². The third-order valence-corrected chi connectivity index (χ3v) is 2.71. The second-order valence-corrected chi connectivity index (χ2v) is 6.15. The average molecular weight is 293 g/mol. The van der Waals surface area contributed by atoms with Crippen LogP contribution in [0.1, 0.15) is 27.2 Å². The lowest BCUT2D eigenvalue weighted by atomic mass is 10.2. The minimum atomic E-state index is -0.449. The highest BCUT2D eigenvalue weighted by molar-refractivity contribution is 5.67. The Balaban J connectivity index is 2.23. The van der Waals surface area contributed by atoms with Crippen LogP contribution in [0.15, 0.2) is 24.3 Å². The van der Waals surface area contributed by atoms with E-state index in [0.717, 1.165) is 24.3 Å². The van der Waals surface area contributed by atoms with Crippen molar-refractivity contribution in [1.29, 1.82) is 0 Å². The summed E-state index contributed by atoms with van der Waals surface area (Å²) in [4.78, 5) is 13.5. The molecule has 0 aliphatic rings. The van der Waals surface area contributed by atoms with Crippen LogP contribution >= 0.6 is 0 Å². The lowest BCUT2D eigenvalue weighted by Crippen LogP contribution is -2.33. The summed E-state index contributed by atoms with van der Waals surface area (Å²) in [7, 11) is 4.04. The first kappa shape index (κ1) is 17.1. The van der Waals surface area contributed by atoms with Crippen LogP contribution in [0.5, 0.6) is 0 Å². The molecule has 0 fully saturated rings. The first-order valence-corrected chi connectivity index (χ1v) is 7.26. The Morgan fingerprint density at radius 1 is 1.24 bits per heavy atom. The number of anilines is 2. The zero-order chi connectivity index (χ0) is 15.9. The Morgan fingerprint density at radius 2 is 1.95 bits per heavy atom. The van der Waals surface area contributed by atoms with Crippen molar-refractivity contribution in [2.24, 2.45) is 0 Å². The Hall–Kier alpha value is -1.91. The fourth-order valence-electron chi connectivity index (χ4n) is 1.72. The number of hydrogen-bond donors (Lipinski definition) is 2. The van der Waals surface area contributed by atoms with Gasteiger partial charge in [0.05, 0.1) is 0 Å². The molecule has 0 unspecified atom stereocenters. The SMILES string of the molecule is CN(C)c1cccc(NCCCNC(=O)OC(C)(C)C)c1. The van der Waals surface area contributed by atoms with Crippen LogP contribution in [0, 0.1) is 0 Å². The molecule has 0 bridgehead atoms. The van der Waals surface area contributed by atoms with Gasteiger partial charge in [-0.25, -0.2) is 4.79 Å². The van der Waals surface area contributed by atoms with Gasteiger partial charge in [-0.3, -0.25) is 0 Å². The number of carbonyl (C=O) groups is 1. The molecule has 1 aromatic rings. The number of hydrogen-bond acceptors (Lipinski definition) is 4. The van der Waals surface area contributed by atoms with Crippen molar-refractivity contribution < 1.29 is 9.53 Å². The topological polar surface area (TPSA) is 53.6 Å². The van der Waals surface area contributed by atoms with Crippen LogP contribution in [0.2, 0.25) is 0 Å². The number of nitrogens with one attached hydrogen (secondary N) is 2. The molecule has 118 valence electrons. The summed E-state index contributed by atoms with van der Waals surface area (Å²) in [5.41, 5.74) is 1.79. The van der Waals surface area contributed by atoms with Crippen molar-refractivity contribution in [1.82, 2.24) is 5.32 Å². The fraction of sp³-hybridized carbons (Fsp3) is 0.562. The van der Waals surface area contributed by atoms with E-state index in [0.29, 0.717) is 6.54 Å². The minimum Gasteiger partial charge on any atom is -0.444 e. The number of ether oxygens (including phenoxy) is 1. The van der Waals surface area contributed by atoms with Crippen LogP contribution in [-0.4, -0.2) is 38.9 Å². The summed E-state index contributed by atoms with van der Waals surface area (Å²) >= 11 is 0. The fourth-order valence-corrected chi connectivity index (χ4v) is 1.72. The normalized spacial score (nSPS) is 10.9. The number of rotatable bonds is 6. The largest absolute Gasteiger partial charge is 0.444 e. The van der Waals surface area contributed by atoms with Crippen LogP contribution in [0.4, 0.5) is 16.2 Å². The van der Waals surface area contributed by atoms with Gasteiger partial charge in [-0.15, -0.1) is 0 Å². The van der Waals surface area contributed by atoms with E-state index in [1.807, 2.05) is 47.0 Å². The zero-order valence-electron chi connectivity index (χ0n) is 13.7. The molecule has 5 heteroatoms. The van der Waals surface area contributed by atoms with E-state index >= 15 is 0 Å². The standard InChI is InChI=1S/C16H27N3O2/c1-16(2,3)21-15(20)18-11-7-10-17-13-8-6-9-14(12-13)19(4)5/h6,8-9,12,17H,7,10-11H2,1-5H3,(H,18,20). The maximum atomic E-state index is 11.5. The minimum absolute atomic E-state index is 0.364. The van der Waals surface area contributed by atoms with E-state index < -0.39 is 5.60 Å². The summed E-state index contributed by atoms with van der Waals surface area (Å²) in [6.07, 6.45) is 0.475.